The van der Waals surface area contributed by atoms with Crippen LogP contribution in [0.4, 0.5) is 4.79 Å². The fraction of sp³-hybridized carbons (Fsp3) is 0.444. The summed E-state index contributed by atoms with van der Waals surface area (Å²) in [6, 6.07) is 15.4. The number of aliphatic carboxylic acids is 1. The van der Waals surface area contributed by atoms with Crippen LogP contribution < -0.4 is 5.32 Å². The van der Waals surface area contributed by atoms with E-state index in [1.54, 1.807) is 16.7 Å². The maximum atomic E-state index is 13.3. The van der Waals surface area contributed by atoms with Gasteiger partial charge in [-0.05, 0) is 61.0 Å². The second-order valence-electron chi connectivity index (χ2n) is 8.93. The van der Waals surface area contributed by atoms with Crippen LogP contribution in [0.15, 0.2) is 48.5 Å². The Kier molecular flexibility index (Phi) is 9.60. The minimum absolute atomic E-state index is 0.00815. The summed E-state index contributed by atoms with van der Waals surface area (Å²) in [5.41, 5.74) is 4.56. The van der Waals surface area contributed by atoms with Crippen molar-refractivity contribution >= 4 is 29.7 Å². The molecule has 7 nitrogen and oxygen atoms in total. The van der Waals surface area contributed by atoms with Gasteiger partial charge in [0.05, 0.1) is 0 Å². The van der Waals surface area contributed by atoms with Gasteiger partial charge in [-0.3, -0.25) is 9.59 Å². The zero-order valence-corrected chi connectivity index (χ0v) is 21.3. The van der Waals surface area contributed by atoms with Crippen LogP contribution in [0.25, 0.3) is 11.1 Å². The molecule has 0 bridgehead atoms. The number of nitrogens with one attached hydrogen (secondary N) is 1. The van der Waals surface area contributed by atoms with Crippen LogP contribution in [0.1, 0.15) is 50.2 Å². The quantitative estimate of drug-likeness (QED) is 0.439. The van der Waals surface area contributed by atoms with Crippen LogP contribution in [0.2, 0.25) is 0 Å². The maximum Gasteiger partial charge on any atom is 0.407 e. The Morgan fingerprint density at radius 3 is 2.20 bits per heavy atom. The number of alkyl carbamates (subject to hydrolysis) is 1. The Balaban J connectivity index is 1.66. The zero-order valence-electron chi connectivity index (χ0n) is 20.5. The number of thioether (sulfide) groups is 1. The maximum absolute atomic E-state index is 13.3. The number of amides is 2. The molecule has 188 valence electrons. The lowest BCUT2D eigenvalue weighted by molar-refractivity contribution is -0.139. The molecular weight excluding hydrogens is 464 g/mol. The minimum Gasteiger partial charge on any atom is -0.481 e. The first kappa shape index (κ1) is 26.6. The van der Waals surface area contributed by atoms with Gasteiger partial charge in [0.2, 0.25) is 5.91 Å². The van der Waals surface area contributed by atoms with Crippen molar-refractivity contribution in [3.8, 4) is 11.1 Å². The molecular formula is C27H34N2O5S. The summed E-state index contributed by atoms with van der Waals surface area (Å²) < 4.78 is 5.65. The van der Waals surface area contributed by atoms with E-state index in [1.165, 1.54) is 0 Å². The highest BCUT2D eigenvalue weighted by atomic mass is 32.2. The van der Waals surface area contributed by atoms with Crippen molar-refractivity contribution in [1.82, 2.24) is 10.2 Å². The average Bonchev–Trinajstić information content (AvgIpc) is 3.16. The van der Waals surface area contributed by atoms with Gasteiger partial charge in [-0.15, -0.1) is 0 Å². The first-order valence-corrected chi connectivity index (χ1v) is 13.4. The van der Waals surface area contributed by atoms with Crippen molar-refractivity contribution < 1.29 is 24.2 Å². The van der Waals surface area contributed by atoms with Gasteiger partial charge in [0, 0.05) is 24.9 Å². The fourth-order valence-electron chi connectivity index (χ4n) is 4.50. The number of hydrogen-bond acceptors (Lipinski definition) is 5. The first-order chi connectivity index (χ1) is 16.8. The molecule has 0 radical (unpaired) electrons. The van der Waals surface area contributed by atoms with Crippen LogP contribution in [0.5, 0.6) is 0 Å². The number of carboxylic acid groups (broad SMARTS) is 1. The lowest BCUT2D eigenvalue weighted by Gasteiger charge is -2.31. The van der Waals surface area contributed by atoms with Crippen molar-refractivity contribution in [1.29, 1.82) is 0 Å². The van der Waals surface area contributed by atoms with Gasteiger partial charge in [0.15, 0.2) is 0 Å². The molecule has 0 aromatic heterocycles. The van der Waals surface area contributed by atoms with Crippen LogP contribution in [-0.4, -0.2) is 65.2 Å². The monoisotopic (exact) mass is 498 g/mol. The van der Waals surface area contributed by atoms with E-state index in [0.717, 1.165) is 22.3 Å². The molecule has 2 amide bonds. The van der Waals surface area contributed by atoms with Gasteiger partial charge in [0.1, 0.15) is 12.6 Å². The third kappa shape index (κ3) is 6.78. The van der Waals surface area contributed by atoms with Crippen molar-refractivity contribution in [3.63, 3.8) is 0 Å². The Bertz CT molecular complexity index is 996. The number of rotatable bonds is 12. The Morgan fingerprint density at radius 1 is 1.06 bits per heavy atom. The molecule has 0 aliphatic heterocycles. The normalized spacial score (nSPS) is 13.1. The third-order valence-electron chi connectivity index (χ3n) is 6.24. The molecule has 0 heterocycles. The lowest BCUT2D eigenvalue weighted by atomic mass is 9.98. The highest BCUT2D eigenvalue weighted by Gasteiger charge is 2.31. The lowest BCUT2D eigenvalue weighted by Crippen LogP contribution is -2.51. The predicted octanol–water partition coefficient (Wildman–Crippen LogP) is 4.75. The summed E-state index contributed by atoms with van der Waals surface area (Å²) in [5, 5.41) is 11.7. The topological polar surface area (TPSA) is 95.9 Å². The number of hydrogen-bond donors (Lipinski definition) is 2. The minimum atomic E-state index is -0.892. The second-order valence-corrected chi connectivity index (χ2v) is 9.91. The Morgan fingerprint density at radius 2 is 1.66 bits per heavy atom. The summed E-state index contributed by atoms with van der Waals surface area (Å²) in [6.07, 6.45) is 2.14. The van der Waals surface area contributed by atoms with Crippen molar-refractivity contribution in [3.05, 3.63) is 59.7 Å². The number of carbonyl (C=O) groups is 3. The van der Waals surface area contributed by atoms with E-state index < -0.39 is 18.1 Å². The number of carbonyl (C=O) groups excluding carboxylic acids is 2. The molecule has 1 atom stereocenters. The predicted molar refractivity (Wildman–Crippen MR) is 139 cm³/mol. The second kappa shape index (κ2) is 12.6. The molecule has 0 saturated heterocycles. The zero-order chi connectivity index (χ0) is 25.4. The number of benzene rings is 2. The molecule has 2 aromatic rings. The summed E-state index contributed by atoms with van der Waals surface area (Å²) in [4.78, 5) is 38.6. The van der Waals surface area contributed by atoms with Crippen LogP contribution in [0, 0.1) is 0 Å². The molecule has 1 aliphatic carbocycles. The van der Waals surface area contributed by atoms with Crippen LogP contribution in [0.3, 0.4) is 0 Å². The van der Waals surface area contributed by atoms with Gasteiger partial charge in [-0.2, -0.15) is 11.8 Å². The van der Waals surface area contributed by atoms with Gasteiger partial charge >= 0.3 is 12.1 Å². The summed E-state index contributed by atoms with van der Waals surface area (Å²) in [5.74, 6) is -0.470. The van der Waals surface area contributed by atoms with Gasteiger partial charge < -0.3 is 20.1 Å². The molecule has 1 aliphatic rings. The number of ether oxygens (including phenoxy) is 1. The summed E-state index contributed by atoms with van der Waals surface area (Å²) in [7, 11) is 0. The Labute approximate surface area is 211 Å². The number of carboxylic acids is 1. The van der Waals surface area contributed by atoms with Crippen molar-refractivity contribution in [2.75, 3.05) is 25.2 Å². The molecule has 3 rings (SSSR count). The third-order valence-corrected chi connectivity index (χ3v) is 6.88. The SMILES string of the molecule is CSCC[C@@H](NC(=O)OCC1c2ccccc2-c2ccccc21)C(=O)N(CCCC(=O)O)C(C)C. The van der Waals surface area contributed by atoms with Gasteiger partial charge in [0.25, 0.3) is 0 Å². The van der Waals surface area contributed by atoms with Crippen molar-refractivity contribution in [2.45, 2.75) is 51.1 Å². The van der Waals surface area contributed by atoms with Gasteiger partial charge in [-0.25, -0.2) is 4.79 Å². The van der Waals surface area contributed by atoms with E-state index in [2.05, 4.69) is 29.6 Å². The molecule has 8 heteroatoms. The van der Waals surface area contributed by atoms with E-state index in [1.807, 2.05) is 44.4 Å². The van der Waals surface area contributed by atoms with Crippen molar-refractivity contribution in [2.24, 2.45) is 0 Å². The van der Waals surface area contributed by atoms with E-state index >= 15 is 0 Å². The van der Waals surface area contributed by atoms with E-state index in [0.29, 0.717) is 25.1 Å². The van der Waals surface area contributed by atoms with E-state index in [9.17, 15) is 14.4 Å². The fourth-order valence-corrected chi connectivity index (χ4v) is 4.97. The van der Waals surface area contributed by atoms with Gasteiger partial charge in [-0.1, -0.05) is 48.5 Å². The highest BCUT2D eigenvalue weighted by Crippen LogP contribution is 2.44. The average molecular weight is 499 g/mol. The number of fused-ring (bicyclic) bond motifs is 3. The highest BCUT2D eigenvalue weighted by molar-refractivity contribution is 7.98. The summed E-state index contributed by atoms with van der Waals surface area (Å²) in [6.45, 7) is 4.27. The Hall–Kier alpha value is -3.00. The van der Waals surface area contributed by atoms with E-state index in [4.69, 9.17) is 9.84 Å². The molecule has 2 N–H and O–H groups in total. The summed E-state index contributed by atoms with van der Waals surface area (Å²) >= 11 is 1.59. The largest absolute Gasteiger partial charge is 0.481 e. The standard InChI is InChI=1S/C27H34N2O5S/c1-18(2)29(15-8-13-25(30)31)26(32)24(14-16-35-3)28-27(33)34-17-23-21-11-6-4-9-19(21)20-10-5-7-12-22(20)23/h4-7,9-12,18,23-24H,8,13-17H2,1-3H3,(H,28,33)(H,30,31)/t24-/m1/s1. The molecule has 2 aromatic carbocycles. The molecule has 0 fully saturated rings. The van der Waals surface area contributed by atoms with E-state index in [-0.39, 0.29) is 30.9 Å². The molecule has 0 unspecified atom stereocenters. The number of nitrogens with zero attached hydrogens (tertiary/aromatic N) is 1. The smallest absolute Gasteiger partial charge is 0.407 e. The molecule has 35 heavy (non-hydrogen) atoms. The molecule has 0 saturated carbocycles. The molecule has 0 spiro atoms. The van der Waals surface area contributed by atoms with Crippen LogP contribution in [-0.2, 0) is 14.3 Å². The first-order valence-electron chi connectivity index (χ1n) is 12.0. The van der Waals surface area contributed by atoms with Crippen LogP contribution >= 0.6 is 11.8 Å².